The van der Waals surface area contributed by atoms with Crippen molar-refractivity contribution < 1.29 is 22.6 Å². The molecule has 2 aromatic carbocycles. The molecular weight excluding hydrogens is 335 g/mol. The van der Waals surface area contributed by atoms with Crippen molar-refractivity contribution in [3.8, 4) is 11.5 Å². The minimum Gasteiger partial charge on any atom is -0.493 e. The Labute approximate surface area is 143 Å². The fraction of sp³-hybridized carbons (Fsp3) is 0.235. The van der Waals surface area contributed by atoms with E-state index in [0.29, 0.717) is 22.7 Å². The zero-order chi connectivity index (χ0) is 18.4. The molecule has 25 heavy (non-hydrogen) atoms. The Balaban J connectivity index is 2.07. The number of halogens is 3. The summed E-state index contributed by atoms with van der Waals surface area (Å²) < 4.78 is 48.4. The number of nitrogens with one attached hydrogen (secondary N) is 1. The van der Waals surface area contributed by atoms with Gasteiger partial charge in [0.2, 0.25) is 0 Å². The zero-order valence-electron chi connectivity index (χ0n) is 13.7. The van der Waals surface area contributed by atoms with Crippen LogP contribution < -0.4 is 20.5 Å². The molecule has 0 unspecified atom stereocenters. The number of rotatable bonds is 5. The first-order valence-electron chi connectivity index (χ1n) is 7.28. The van der Waals surface area contributed by atoms with Crippen molar-refractivity contribution in [2.75, 3.05) is 19.5 Å². The molecule has 0 aliphatic carbocycles. The van der Waals surface area contributed by atoms with E-state index in [0.717, 1.165) is 12.1 Å². The van der Waals surface area contributed by atoms with Gasteiger partial charge in [-0.1, -0.05) is 12.1 Å². The minimum absolute atomic E-state index is 0.0239. The molecule has 3 N–H and O–H groups in total. The van der Waals surface area contributed by atoms with E-state index in [1.807, 2.05) is 0 Å². The van der Waals surface area contributed by atoms with Gasteiger partial charge < -0.3 is 20.5 Å². The van der Waals surface area contributed by atoms with Crippen LogP contribution >= 0.6 is 0 Å². The fourth-order valence-electron chi connectivity index (χ4n) is 2.12. The Morgan fingerprint density at radius 2 is 1.80 bits per heavy atom. The van der Waals surface area contributed by atoms with Gasteiger partial charge in [-0.05, 0) is 29.8 Å². The van der Waals surface area contributed by atoms with E-state index in [4.69, 9.17) is 15.2 Å². The number of hydrogen-bond donors (Lipinski definition) is 2. The first-order valence-corrected chi connectivity index (χ1v) is 7.28. The van der Waals surface area contributed by atoms with Gasteiger partial charge in [0.05, 0.1) is 26.3 Å². The SMILES string of the molecule is COc1ccc(NC(N)=NCc2cccc(C(F)(F)F)c2)cc1OC. The van der Waals surface area contributed by atoms with E-state index in [9.17, 15) is 13.2 Å². The summed E-state index contributed by atoms with van der Waals surface area (Å²) in [7, 11) is 3.03. The van der Waals surface area contributed by atoms with Crippen LogP contribution in [-0.2, 0) is 12.7 Å². The van der Waals surface area contributed by atoms with Crippen LogP contribution in [0.15, 0.2) is 47.5 Å². The number of benzene rings is 2. The average molecular weight is 353 g/mol. The summed E-state index contributed by atoms with van der Waals surface area (Å²) in [6, 6.07) is 10.0. The van der Waals surface area contributed by atoms with Crippen LogP contribution in [-0.4, -0.2) is 20.2 Å². The van der Waals surface area contributed by atoms with Gasteiger partial charge in [-0.15, -0.1) is 0 Å². The number of anilines is 1. The van der Waals surface area contributed by atoms with Crippen LogP contribution in [0.4, 0.5) is 18.9 Å². The topological polar surface area (TPSA) is 68.9 Å². The van der Waals surface area contributed by atoms with Crippen molar-refractivity contribution in [3.63, 3.8) is 0 Å². The summed E-state index contributed by atoms with van der Waals surface area (Å²) in [5.41, 5.74) is 6.09. The molecule has 2 aromatic rings. The van der Waals surface area contributed by atoms with Crippen molar-refractivity contribution >= 4 is 11.6 Å². The third kappa shape index (κ3) is 5.03. The molecule has 5 nitrogen and oxygen atoms in total. The minimum atomic E-state index is -4.39. The lowest BCUT2D eigenvalue weighted by Crippen LogP contribution is -2.22. The Bertz CT molecular complexity index is 761. The molecule has 0 radical (unpaired) electrons. The molecule has 0 aromatic heterocycles. The van der Waals surface area contributed by atoms with E-state index in [1.165, 1.54) is 20.3 Å². The maximum absolute atomic E-state index is 12.7. The first kappa shape index (κ1) is 18.4. The summed E-state index contributed by atoms with van der Waals surface area (Å²) in [4.78, 5) is 4.05. The van der Waals surface area contributed by atoms with Crippen LogP contribution in [0.2, 0.25) is 0 Å². The van der Waals surface area contributed by atoms with E-state index < -0.39 is 11.7 Å². The van der Waals surface area contributed by atoms with Gasteiger partial charge in [-0.25, -0.2) is 4.99 Å². The summed E-state index contributed by atoms with van der Waals surface area (Å²) in [6.45, 7) is 0.0239. The second-order valence-corrected chi connectivity index (χ2v) is 5.09. The van der Waals surface area contributed by atoms with E-state index in [1.54, 1.807) is 24.3 Å². The highest BCUT2D eigenvalue weighted by Crippen LogP contribution is 2.30. The molecule has 0 atom stereocenters. The van der Waals surface area contributed by atoms with E-state index >= 15 is 0 Å². The molecule has 0 spiro atoms. The maximum Gasteiger partial charge on any atom is 0.416 e. The molecule has 0 bridgehead atoms. The zero-order valence-corrected chi connectivity index (χ0v) is 13.7. The van der Waals surface area contributed by atoms with Gasteiger partial charge in [0, 0.05) is 11.8 Å². The third-order valence-corrected chi connectivity index (χ3v) is 3.34. The Kier molecular flexibility index (Phi) is 5.74. The van der Waals surface area contributed by atoms with Crippen molar-refractivity contribution in [1.29, 1.82) is 0 Å². The molecule has 0 saturated carbocycles. The highest BCUT2D eigenvalue weighted by molar-refractivity contribution is 5.92. The Hall–Kier alpha value is -2.90. The molecule has 8 heteroatoms. The number of aliphatic imine (C=N–C) groups is 1. The lowest BCUT2D eigenvalue weighted by molar-refractivity contribution is -0.137. The Morgan fingerprint density at radius 1 is 1.08 bits per heavy atom. The van der Waals surface area contributed by atoms with Gasteiger partial charge in [-0.3, -0.25) is 0 Å². The largest absolute Gasteiger partial charge is 0.493 e. The number of nitrogens with zero attached hydrogens (tertiary/aromatic N) is 1. The highest BCUT2D eigenvalue weighted by atomic mass is 19.4. The molecule has 0 aliphatic heterocycles. The van der Waals surface area contributed by atoms with Crippen molar-refractivity contribution in [3.05, 3.63) is 53.6 Å². The van der Waals surface area contributed by atoms with Crippen LogP contribution in [0.25, 0.3) is 0 Å². The van der Waals surface area contributed by atoms with Crippen LogP contribution in [0.5, 0.6) is 11.5 Å². The van der Waals surface area contributed by atoms with Gasteiger partial charge in [0.25, 0.3) is 0 Å². The predicted octanol–water partition coefficient (Wildman–Crippen LogP) is 3.65. The molecular formula is C17H18F3N3O2. The molecule has 134 valence electrons. The van der Waals surface area contributed by atoms with Gasteiger partial charge >= 0.3 is 6.18 Å². The molecule has 0 amide bonds. The Morgan fingerprint density at radius 3 is 2.44 bits per heavy atom. The second-order valence-electron chi connectivity index (χ2n) is 5.09. The first-order chi connectivity index (χ1) is 11.8. The average Bonchev–Trinajstić information content (AvgIpc) is 2.59. The number of guanidine groups is 1. The van der Waals surface area contributed by atoms with E-state index in [2.05, 4.69) is 10.3 Å². The number of ether oxygens (including phenoxy) is 2. The molecule has 0 saturated heterocycles. The van der Waals surface area contributed by atoms with Crippen LogP contribution in [0.3, 0.4) is 0 Å². The van der Waals surface area contributed by atoms with Crippen molar-refractivity contribution in [2.24, 2.45) is 10.7 Å². The molecule has 0 fully saturated rings. The molecule has 0 aliphatic rings. The summed E-state index contributed by atoms with van der Waals surface area (Å²) >= 11 is 0. The highest BCUT2D eigenvalue weighted by Gasteiger charge is 2.30. The van der Waals surface area contributed by atoms with Crippen LogP contribution in [0, 0.1) is 0 Å². The van der Waals surface area contributed by atoms with Crippen molar-refractivity contribution in [2.45, 2.75) is 12.7 Å². The third-order valence-electron chi connectivity index (χ3n) is 3.34. The predicted molar refractivity (Wildman–Crippen MR) is 89.9 cm³/mol. The second kappa shape index (κ2) is 7.78. The number of nitrogens with two attached hydrogens (primary N) is 1. The van der Waals surface area contributed by atoms with Gasteiger partial charge in [-0.2, -0.15) is 13.2 Å². The number of methoxy groups -OCH3 is 2. The normalized spacial score (nSPS) is 12.0. The quantitative estimate of drug-likeness (QED) is 0.636. The maximum atomic E-state index is 12.7. The van der Waals surface area contributed by atoms with Crippen LogP contribution in [0.1, 0.15) is 11.1 Å². The number of alkyl halides is 3. The van der Waals surface area contributed by atoms with Gasteiger partial charge in [0.1, 0.15) is 0 Å². The standard InChI is InChI=1S/C17H18F3N3O2/c1-24-14-7-6-13(9-15(14)25-2)23-16(21)22-10-11-4-3-5-12(8-11)17(18,19)20/h3-9H,10H2,1-2H3,(H3,21,22,23). The smallest absolute Gasteiger partial charge is 0.416 e. The summed E-state index contributed by atoms with van der Waals surface area (Å²) in [5, 5.41) is 2.85. The lowest BCUT2D eigenvalue weighted by atomic mass is 10.1. The monoisotopic (exact) mass is 353 g/mol. The van der Waals surface area contributed by atoms with Crippen molar-refractivity contribution in [1.82, 2.24) is 0 Å². The summed E-state index contributed by atoms with van der Waals surface area (Å²) in [5.74, 6) is 1.15. The fourth-order valence-corrected chi connectivity index (χ4v) is 2.12. The lowest BCUT2D eigenvalue weighted by Gasteiger charge is -2.11. The van der Waals surface area contributed by atoms with E-state index in [-0.39, 0.29) is 12.5 Å². The molecule has 2 rings (SSSR count). The summed E-state index contributed by atoms with van der Waals surface area (Å²) in [6.07, 6.45) is -4.39. The number of hydrogen-bond acceptors (Lipinski definition) is 3. The molecule has 0 heterocycles. The van der Waals surface area contributed by atoms with Gasteiger partial charge in [0.15, 0.2) is 17.5 Å².